The van der Waals surface area contributed by atoms with Crippen LogP contribution >= 0.6 is 0 Å². The first-order valence-corrected chi connectivity index (χ1v) is 6.04. The molecule has 1 atom stereocenters. The van der Waals surface area contributed by atoms with Crippen molar-refractivity contribution in [2.24, 2.45) is 5.73 Å². The molecule has 0 amide bonds. The summed E-state index contributed by atoms with van der Waals surface area (Å²) in [6, 6.07) is 7.39. The van der Waals surface area contributed by atoms with Gasteiger partial charge in [-0.25, -0.2) is 9.97 Å². The number of para-hydroxylation sites is 1. The lowest BCUT2D eigenvalue weighted by atomic mass is 10.0. The SMILES string of the molecule is COCCOc1ccccc1C(N)c1cncnc1. The van der Waals surface area contributed by atoms with E-state index in [0.717, 1.165) is 16.9 Å². The number of hydrogen-bond acceptors (Lipinski definition) is 5. The summed E-state index contributed by atoms with van der Waals surface area (Å²) in [5.41, 5.74) is 7.99. The average Bonchev–Trinajstić information content (AvgIpc) is 2.48. The van der Waals surface area contributed by atoms with Crippen LogP contribution in [0.1, 0.15) is 17.2 Å². The van der Waals surface area contributed by atoms with Gasteiger partial charge in [0.25, 0.3) is 0 Å². The highest BCUT2D eigenvalue weighted by atomic mass is 16.5. The molecule has 5 heteroatoms. The fourth-order valence-electron chi connectivity index (χ4n) is 1.75. The number of hydrogen-bond donors (Lipinski definition) is 1. The highest BCUT2D eigenvalue weighted by Crippen LogP contribution is 2.27. The Morgan fingerprint density at radius 1 is 1.16 bits per heavy atom. The third kappa shape index (κ3) is 3.49. The summed E-state index contributed by atoms with van der Waals surface area (Å²) in [6.45, 7) is 1.03. The topological polar surface area (TPSA) is 70.3 Å². The minimum absolute atomic E-state index is 0.306. The molecule has 5 nitrogen and oxygen atoms in total. The average molecular weight is 259 g/mol. The van der Waals surface area contributed by atoms with Crippen molar-refractivity contribution in [2.75, 3.05) is 20.3 Å². The van der Waals surface area contributed by atoms with Gasteiger partial charge in [0, 0.05) is 30.6 Å². The van der Waals surface area contributed by atoms with E-state index in [-0.39, 0.29) is 6.04 Å². The molecule has 100 valence electrons. The Morgan fingerprint density at radius 2 is 1.89 bits per heavy atom. The van der Waals surface area contributed by atoms with Gasteiger partial charge in [-0.2, -0.15) is 0 Å². The number of rotatable bonds is 6. The Hall–Kier alpha value is -1.98. The first-order chi connectivity index (χ1) is 9.33. The minimum Gasteiger partial charge on any atom is -0.491 e. The van der Waals surface area contributed by atoms with Gasteiger partial charge in [0.1, 0.15) is 18.7 Å². The van der Waals surface area contributed by atoms with E-state index < -0.39 is 0 Å². The van der Waals surface area contributed by atoms with Crippen LogP contribution in [0.3, 0.4) is 0 Å². The van der Waals surface area contributed by atoms with Crippen molar-refractivity contribution < 1.29 is 9.47 Å². The minimum atomic E-state index is -0.306. The van der Waals surface area contributed by atoms with E-state index in [9.17, 15) is 0 Å². The molecule has 0 fully saturated rings. The van der Waals surface area contributed by atoms with Crippen LogP contribution in [-0.2, 0) is 4.74 Å². The Labute approximate surface area is 112 Å². The summed E-state index contributed by atoms with van der Waals surface area (Å²) in [4.78, 5) is 7.97. The lowest BCUT2D eigenvalue weighted by molar-refractivity contribution is 0.145. The molecule has 0 radical (unpaired) electrons. The Kier molecular flexibility index (Phi) is 4.83. The largest absolute Gasteiger partial charge is 0.491 e. The van der Waals surface area contributed by atoms with Crippen LogP contribution in [0, 0.1) is 0 Å². The first kappa shape index (κ1) is 13.5. The van der Waals surface area contributed by atoms with Crippen LogP contribution in [0.15, 0.2) is 43.0 Å². The van der Waals surface area contributed by atoms with Crippen molar-refractivity contribution in [3.8, 4) is 5.75 Å². The van der Waals surface area contributed by atoms with E-state index in [1.165, 1.54) is 6.33 Å². The third-order valence-corrected chi connectivity index (χ3v) is 2.74. The van der Waals surface area contributed by atoms with E-state index >= 15 is 0 Å². The maximum atomic E-state index is 6.23. The van der Waals surface area contributed by atoms with Gasteiger partial charge in [-0.05, 0) is 6.07 Å². The summed E-state index contributed by atoms with van der Waals surface area (Å²) in [5, 5.41) is 0. The lowest BCUT2D eigenvalue weighted by Crippen LogP contribution is -2.15. The standard InChI is InChI=1S/C14H17N3O2/c1-18-6-7-19-13-5-3-2-4-12(13)14(15)11-8-16-10-17-9-11/h2-5,8-10,14H,6-7,15H2,1H3. The predicted octanol–water partition coefficient (Wildman–Crippen LogP) is 1.55. The number of nitrogens with zero attached hydrogens (tertiary/aromatic N) is 2. The van der Waals surface area contributed by atoms with Crippen LogP contribution in [0.2, 0.25) is 0 Å². The molecule has 0 saturated heterocycles. The Morgan fingerprint density at radius 3 is 2.63 bits per heavy atom. The number of aromatic nitrogens is 2. The number of benzene rings is 1. The van der Waals surface area contributed by atoms with Crippen molar-refractivity contribution in [1.82, 2.24) is 9.97 Å². The maximum Gasteiger partial charge on any atom is 0.124 e. The molecule has 0 aliphatic rings. The summed E-state index contributed by atoms with van der Waals surface area (Å²) >= 11 is 0. The van der Waals surface area contributed by atoms with Crippen LogP contribution in [-0.4, -0.2) is 30.3 Å². The quantitative estimate of drug-likeness (QED) is 0.797. The zero-order valence-electron chi connectivity index (χ0n) is 10.8. The second kappa shape index (κ2) is 6.82. The van der Waals surface area contributed by atoms with Crippen LogP contribution in [0.5, 0.6) is 5.75 Å². The fourth-order valence-corrected chi connectivity index (χ4v) is 1.75. The molecule has 0 aliphatic carbocycles. The Bertz CT molecular complexity index is 505. The van der Waals surface area contributed by atoms with Gasteiger partial charge in [0.15, 0.2) is 0 Å². The normalized spacial score (nSPS) is 12.1. The molecular formula is C14H17N3O2. The van der Waals surface area contributed by atoms with Gasteiger partial charge in [-0.3, -0.25) is 0 Å². The summed E-state index contributed by atoms with van der Waals surface area (Å²) in [6.07, 6.45) is 4.91. The first-order valence-electron chi connectivity index (χ1n) is 6.04. The van der Waals surface area contributed by atoms with Gasteiger partial charge in [0.2, 0.25) is 0 Å². The molecule has 1 aromatic heterocycles. The molecule has 2 aromatic rings. The van der Waals surface area contributed by atoms with E-state index in [1.54, 1.807) is 19.5 Å². The van der Waals surface area contributed by atoms with Gasteiger partial charge in [-0.1, -0.05) is 18.2 Å². The molecule has 2 rings (SSSR count). The van der Waals surface area contributed by atoms with E-state index in [2.05, 4.69) is 9.97 Å². The second-order valence-electron chi connectivity index (χ2n) is 4.03. The third-order valence-electron chi connectivity index (χ3n) is 2.74. The van der Waals surface area contributed by atoms with Gasteiger partial charge < -0.3 is 15.2 Å². The van der Waals surface area contributed by atoms with Crippen LogP contribution in [0.25, 0.3) is 0 Å². The van der Waals surface area contributed by atoms with Gasteiger partial charge in [0.05, 0.1) is 12.6 Å². The molecule has 0 aliphatic heterocycles. The highest BCUT2D eigenvalue weighted by Gasteiger charge is 2.14. The molecule has 0 bridgehead atoms. The predicted molar refractivity (Wildman–Crippen MR) is 71.9 cm³/mol. The molecule has 1 aromatic carbocycles. The zero-order valence-corrected chi connectivity index (χ0v) is 10.8. The summed E-state index contributed by atoms with van der Waals surface area (Å²) in [5.74, 6) is 0.760. The number of methoxy groups -OCH3 is 1. The second-order valence-corrected chi connectivity index (χ2v) is 4.03. The van der Waals surface area contributed by atoms with Gasteiger partial charge >= 0.3 is 0 Å². The van der Waals surface area contributed by atoms with Crippen molar-refractivity contribution in [2.45, 2.75) is 6.04 Å². The van der Waals surface area contributed by atoms with Crippen LogP contribution < -0.4 is 10.5 Å². The molecule has 0 saturated carbocycles. The molecule has 1 unspecified atom stereocenters. The summed E-state index contributed by atoms with van der Waals surface area (Å²) in [7, 11) is 1.64. The molecule has 0 spiro atoms. The lowest BCUT2D eigenvalue weighted by Gasteiger charge is -2.16. The Balaban J connectivity index is 2.19. The highest BCUT2D eigenvalue weighted by molar-refractivity contribution is 5.40. The molecule has 1 heterocycles. The smallest absolute Gasteiger partial charge is 0.124 e. The van der Waals surface area contributed by atoms with E-state index in [0.29, 0.717) is 13.2 Å². The molecule has 19 heavy (non-hydrogen) atoms. The monoisotopic (exact) mass is 259 g/mol. The van der Waals surface area contributed by atoms with Crippen molar-refractivity contribution >= 4 is 0 Å². The van der Waals surface area contributed by atoms with Crippen LogP contribution in [0.4, 0.5) is 0 Å². The van der Waals surface area contributed by atoms with E-state index in [1.807, 2.05) is 24.3 Å². The molecule has 2 N–H and O–H groups in total. The van der Waals surface area contributed by atoms with Gasteiger partial charge in [-0.15, -0.1) is 0 Å². The summed E-state index contributed by atoms with van der Waals surface area (Å²) < 4.78 is 10.6. The van der Waals surface area contributed by atoms with E-state index in [4.69, 9.17) is 15.2 Å². The molecular weight excluding hydrogens is 242 g/mol. The van der Waals surface area contributed by atoms with Crippen molar-refractivity contribution in [3.05, 3.63) is 54.1 Å². The zero-order chi connectivity index (χ0) is 13.5. The number of ether oxygens (including phenoxy) is 2. The maximum absolute atomic E-state index is 6.23. The van der Waals surface area contributed by atoms with Crippen molar-refractivity contribution in [3.63, 3.8) is 0 Å². The van der Waals surface area contributed by atoms with Crippen molar-refractivity contribution in [1.29, 1.82) is 0 Å². The fraction of sp³-hybridized carbons (Fsp3) is 0.286. The number of nitrogens with two attached hydrogens (primary N) is 1.